The molecule has 0 spiro atoms. The molecule has 0 amide bonds. The van der Waals surface area contributed by atoms with Crippen molar-refractivity contribution < 1.29 is 0 Å². The van der Waals surface area contributed by atoms with Crippen LogP contribution in [0.25, 0.3) is 0 Å². The predicted octanol–water partition coefficient (Wildman–Crippen LogP) is -0.608. The summed E-state index contributed by atoms with van der Waals surface area (Å²) in [5, 5.41) is 0. The minimum absolute atomic E-state index is 1.24. The molecule has 5 heteroatoms. The Morgan fingerprint density at radius 2 is 1.43 bits per heavy atom. The summed E-state index contributed by atoms with van der Waals surface area (Å²) in [5.74, 6) is 0. The summed E-state index contributed by atoms with van der Waals surface area (Å²) in [6.07, 6.45) is 7.74. The van der Waals surface area contributed by atoms with Crippen molar-refractivity contribution in [3.63, 3.8) is 0 Å². The maximum absolute atomic E-state index is 4.41. The van der Waals surface area contributed by atoms with Crippen molar-refractivity contribution >= 4 is 28.8 Å². The van der Waals surface area contributed by atoms with Crippen LogP contribution in [0.15, 0.2) is 24.8 Å². The van der Waals surface area contributed by atoms with Crippen molar-refractivity contribution in [2.24, 2.45) is 14.1 Å². The summed E-state index contributed by atoms with van der Waals surface area (Å²) in [6.45, 7) is 0. The molecule has 0 aliphatic rings. The van der Waals surface area contributed by atoms with Crippen LogP contribution in [0.2, 0.25) is 4.63 Å². The van der Waals surface area contributed by atoms with E-state index >= 15 is 0 Å². The molecule has 2 aromatic heterocycles. The molecule has 0 atom stereocenters. The van der Waals surface area contributed by atoms with E-state index < -0.39 is 21.8 Å². The quantitative estimate of drug-likeness (QED) is 0.646. The van der Waals surface area contributed by atoms with Gasteiger partial charge in [0, 0.05) is 0 Å². The van der Waals surface area contributed by atoms with Gasteiger partial charge in [0.2, 0.25) is 0 Å². The van der Waals surface area contributed by atoms with E-state index in [4.69, 9.17) is 0 Å². The molecule has 0 aliphatic carbocycles. The standard InChI is InChI=1S/2C4H5N2.CH3.Bi/c2*1-6-3-2-5-4-6;;/h2*2-3H,1H3;1H3;. The van der Waals surface area contributed by atoms with Crippen LogP contribution in [0.1, 0.15) is 0 Å². The van der Waals surface area contributed by atoms with Gasteiger partial charge >= 0.3 is 91.4 Å². The molecule has 0 N–H and O–H groups in total. The molecule has 0 saturated carbocycles. The summed E-state index contributed by atoms with van der Waals surface area (Å²) in [4.78, 5) is 8.83. The van der Waals surface area contributed by atoms with Crippen LogP contribution in [0.5, 0.6) is 0 Å². The number of aromatic nitrogens is 4. The van der Waals surface area contributed by atoms with Gasteiger partial charge in [0.05, 0.1) is 0 Å². The van der Waals surface area contributed by atoms with Gasteiger partial charge < -0.3 is 0 Å². The first-order chi connectivity index (χ1) is 6.70. The SMILES string of the molecule is Cn1ccn[c]1[Bi]([CH3])[c]1nccn1C. The van der Waals surface area contributed by atoms with Crippen molar-refractivity contribution in [1.82, 2.24) is 19.1 Å². The molecular formula is C9H13BiN4. The second-order valence-corrected chi connectivity index (χ2v) is 10.7. The van der Waals surface area contributed by atoms with Crippen LogP contribution in [0.4, 0.5) is 0 Å². The number of rotatable bonds is 2. The molecule has 2 rings (SSSR count). The van der Waals surface area contributed by atoms with E-state index in [2.05, 4.69) is 37.8 Å². The minimum atomic E-state index is -1.86. The van der Waals surface area contributed by atoms with Gasteiger partial charge in [-0.25, -0.2) is 0 Å². The van der Waals surface area contributed by atoms with E-state index in [1.165, 1.54) is 7.06 Å². The van der Waals surface area contributed by atoms with Crippen LogP contribution < -0.4 is 7.06 Å². The molecule has 0 unspecified atom stereocenters. The van der Waals surface area contributed by atoms with Gasteiger partial charge in [-0.1, -0.05) is 0 Å². The second kappa shape index (κ2) is 3.81. The van der Waals surface area contributed by atoms with Crippen molar-refractivity contribution in [3.05, 3.63) is 24.8 Å². The zero-order chi connectivity index (χ0) is 10.1. The molecular weight excluding hydrogens is 373 g/mol. The van der Waals surface area contributed by atoms with E-state index in [9.17, 15) is 0 Å². The molecule has 0 bridgehead atoms. The van der Waals surface area contributed by atoms with Crippen LogP contribution in [-0.4, -0.2) is 40.9 Å². The third-order valence-electron chi connectivity index (χ3n) is 2.19. The van der Waals surface area contributed by atoms with E-state index in [1.54, 1.807) is 0 Å². The summed E-state index contributed by atoms with van der Waals surface area (Å²) >= 11 is -1.86. The normalized spacial score (nSPS) is 11.1. The Morgan fingerprint density at radius 1 is 1.00 bits per heavy atom. The fraction of sp³-hybridized carbons (Fsp3) is 0.333. The Bertz CT molecular complexity index is 391. The third-order valence-corrected chi connectivity index (χ3v) is 10.2. The number of imidazole rings is 2. The van der Waals surface area contributed by atoms with Gasteiger partial charge in [-0.05, 0) is 0 Å². The van der Waals surface area contributed by atoms with Crippen LogP contribution in [0.3, 0.4) is 0 Å². The zero-order valence-electron chi connectivity index (χ0n) is 8.55. The number of hydrogen-bond donors (Lipinski definition) is 0. The molecule has 0 aliphatic heterocycles. The summed E-state index contributed by atoms with van der Waals surface area (Å²) in [7, 11) is 4.11. The molecule has 14 heavy (non-hydrogen) atoms. The van der Waals surface area contributed by atoms with Crippen molar-refractivity contribution in [2.75, 3.05) is 0 Å². The zero-order valence-corrected chi connectivity index (χ0v) is 12.0. The van der Waals surface area contributed by atoms with Crippen LogP contribution >= 0.6 is 0 Å². The van der Waals surface area contributed by atoms with Gasteiger partial charge in [-0.15, -0.1) is 0 Å². The van der Waals surface area contributed by atoms with Gasteiger partial charge in [0.15, 0.2) is 0 Å². The first-order valence-corrected chi connectivity index (χ1v) is 11.3. The first kappa shape index (κ1) is 9.84. The van der Waals surface area contributed by atoms with E-state index in [-0.39, 0.29) is 0 Å². The number of aryl methyl sites for hydroxylation is 2. The topological polar surface area (TPSA) is 35.6 Å². The first-order valence-electron chi connectivity index (χ1n) is 4.38. The fourth-order valence-electron chi connectivity index (χ4n) is 1.45. The van der Waals surface area contributed by atoms with Crippen molar-refractivity contribution in [1.29, 1.82) is 0 Å². The summed E-state index contributed by atoms with van der Waals surface area (Å²) < 4.78 is 9.04. The van der Waals surface area contributed by atoms with Gasteiger partial charge in [0.25, 0.3) is 0 Å². The molecule has 2 aromatic rings. The third kappa shape index (κ3) is 1.61. The molecule has 2 heterocycles. The number of hydrogen-bond acceptors (Lipinski definition) is 2. The monoisotopic (exact) mass is 386 g/mol. The Hall–Kier alpha value is -0.697. The molecule has 0 saturated heterocycles. The molecule has 0 fully saturated rings. The van der Waals surface area contributed by atoms with E-state index in [1.807, 2.05) is 24.8 Å². The molecule has 74 valence electrons. The average Bonchev–Trinajstić information content (AvgIpc) is 2.73. The Balaban J connectivity index is 2.38. The fourth-order valence-corrected chi connectivity index (χ4v) is 8.21. The van der Waals surface area contributed by atoms with Gasteiger partial charge in [-0.2, -0.15) is 0 Å². The van der Waals surface area contributed by atoms with E-state index in [0.717, 1.165) is 0 Å². The summed E-state index contributed by atoms with van der Waals surface area (Å²) in [5.41, 5.74) is 0. The van der Waals surface area contributed by atoms with Crippen LogP contribution in [-0.2, 0) is 14.1 Å². The van der Waals surface area contributed by atoms with Gasteiger partial charge in [0.1, 0.15) is 0 Å². The second-order valence-electron chi connectivity index (χ2n) is 3.24. The molecule has 0 radical (unpaired) electrons. The average molecular weight is 386 g/mol. The summed E-state index contributed by atoms with van der Waals surface area (Å²) in [6, 6.07) is 0. The van der Waals surface area contributed by atoms with Crippen molar-refractivity contribution in [2.45, 2.75) is 4.63 Å². The number of nitrogens with zero attached hydrogens (tertiary/aromatic N) is 4. The molecule has 0 aromatic carbocycles. The predicted molar refractivity (Wildman–Crippen MR) is 57.3 cm³/mol. The maximum atomic E-state index is 4.41. The van der Waals surface area contributed by atoms with E-state index in [0.29, 0.717) is 0 Å². The molecule has 4 nitrogen and oxygen atoms in total. The Morgan fingerprint density at radius 3 is 1.71 bits per heavy atom. The Kier molecular flexibility index (Phi) is 2.68. The van der Waals surface area contributed by atoms with Crippen molar-refractivity contribution in [3.8, 4) is 0 Å². The van der Waals surface area contributed by atoms with Crippen LogP contribution in [0, 0.1) is 0 Å². The Labute approximate surface area is 91.3 Å². The van der Waals surface area contributed by atoms with Gasteiger partial charge in [-0.3, -0.25) is 0 Å².